The van der Waals surface area contributed by atoms with E-state index in [4.69, 9.17) is 9.15 Å². The molecule has 3 aromatic carbocycles. The van der Waals surface area contributed by atoms with Crippen LogP contribution in [0.3, 0.4) is 0 Å². The lowest BCUT2D eigenvalue weighted by Crippen LogP contribution is -2.20. The van der Waals surface area contributed by atoms with Crippen LogP contribution in [0.4, 0.5) is 5.69 Å². The first-order chi connectivity index (χ1) is 13.6. The molecule has 0 aliphatic rings. The van der Waals surface area contributed by atoms with Crippen LogP contribution in [0, 0.1) is 6.92 Å². The highest BCUT2D eigenvalue weighted by Crippen LogP contribution is 2.28. The molecule has 1 aromatic heterocycles. The highest BCUT2D eigenvalue weighted by Gasteiger charge is 2.12. The number of hydrogen-bond donors (Lipinski definition) is 1. The van der Waals surface area contributed by atoms with Gasteiger partial charge in [-0.2, -0.15) is 0 Å². The average Bonchev–Trinajstić information content (AvgIpc) is 3.13. The standard InChI is InChI=1S/C22H17BrN2O3/c1-14-6-7-15(22-25-18-4-2-3-5-20(18)28-22)12-19(14)24-21(26)13-27-17-10-8-16(23)9-11-17/h2-12H,13H2,1H3,(H,24,26). The molecule has 0 aliphatic carbocycles. The van der Waals surface area contributed by atoms with Crippen molar-refractivity contribution in [3.05, 3.63) is 76.8 Å². The lowest BCUT2D eigenvalue weighted by molar-refractivity contribution is -0.118. The number of rotatable bonds is 5. The molecule has 6 heteroatoms. The molecular weight excluding hydrogens is 420 g/mol. The van der Waals surface area contributed by atoms with Crippen molar-refractivity contribution < 1.29 is 13.9 Å². The molecule has 1 heterocycles. The summed E-state index contributed by atoms with van der Waals surface area (Å²) in [6, 6.07) is 20.6. The fourth-order valence-corrected chi connectivity index (χ4v) is 3.02. The van der Waals surface area contributed by atoms with Gasteiger partial charge in [-0.15, -0.1) is 0 Å². The van der Waals surface area contributed by atoms with Crippen LogP contribution < -0.4 is 10.1 Å². The van der Waals surface area contributed by atoms with E-state index in [-0.39, 0.29) is 12.5 Å². The maximum atomic E-state index is 12.3. The predicted octanol–water partition coefficient (Wildman–Crippen LogP) is 5.58. The summed E-state index contributed by atoms with van der Waals surface area (Å²) in [5.74, 6) is 0.916. The van der Waals surface area contributed by atoms with Crippen molar-refractivity contribution in [1.29, 1.82) is 0 Å². The number of halogens is 1. The van der Waals surface area contributed by atoms with Gasteiger partial charge < -0.3 is 14.5 Å². The molecule has 28 heavy (non-hydrogen) atoms. The Labute approximate surface area is 170 Å². The normalized spacial score (nSPS) is 10.8. The van der Waals surface area contributed by atoms with E-state index >= 15 is 0 Å². The van der Waals surface area contributed by atoms with Crippen LogP contribution in [0.2, 0.25) is 0 Å². The number of nitrogens with zero attached hydrogens (tertiary/aromatic N) is 1. The zero-order chi connectivity index (χ0) is 19.5. The van der Waals surface area contributed by atoms with Gasteiger partial charge in [0, 0.05) is 15.7 Å². The maximum Gasteiger partial charge on any atom is 0.262 e. The van der Waals surface area contributed by atoms with Gasteiger partial charge in [0.05, 0.1) is 0 Å². The number of carbonyl (C=O) groups excluding carboxylic acids is 1. The van der Waals surface area contributed by atoms with Crippen LogP contribution in [0.5, 0.6) is 5.75 Å². The van der Waals surface area contributed by atoms with Crippen molar-refractivity contribution in [3.63, 3.8) is 0 Å². The summed E-state index contributed by atoms with van der Waals surface area (Å²) < 4.78 is 12.3. The molecule has 140 valence electrons. The molecule has 0 unspecified atom stereocenters. The smallest absolute Gasteiger partial charge is 0.262 e. The van der Waals surface area contributed by atoms with Crippen molar-refractivity contribution in [2.75, 3.05) is 11.9 Å². The highest BCUT2D eigenvalue weighted by molar-refractivity contribution is 9.10. The molecule has 0 saturated heterocycles. The zero-order valence-corrected chi connectivity index (χ0v) is 16.7. The first kappa shape index (κ1) is 18.3. The van der Waals surface area contributed by atoms with Gasteiger partial charge in [0.15, 0.2) is 12.2 Å². The fourth-order valence-electron chi connectivity index (χ4n) is 2.75. The Morgan fingerprint density at radius 3 is 2.68 bits per heavy atom. The predicted molar refractivity (Wildman–Crippen MR) is 112 cm³/mol. The van der Waals surface area contributed by atoms with Gasteiger partial charge in [0.2, 0.25) is 5.89 Å². The molecule has 1 N–H and O–H groups in total. The Bertz CT molecular complexity index is 1100. The molecule has 5 nitrogen and oxygen atoms in total. The quantitative estimate of drug-likeness (QED) is 0.443. The van der Waals surface area contributed by atoms with Crippen LogP contribution in [-0.2, 0) is 4.79 Å². The van der Waals surface area contributed by atoms with Gasteiger partial charge in [-0.3, -0.25) is 4.79 Å². The Morgan fingerprint density at radius 1 is 1.11 bits per heavy atom. The van der Waals surface area contributed by atoms with Gasteiger partial charge >= 0.3 is 0 Å². The minimum absolute atomic E-state index is 0.0752. The van der Waals surface area contributed by atoms with Crippen LogP contribution in [0.15, 0.2) is 75.6 Å². The third kappa shape index (κ3) is 4.07. The molecule has 4 rings (SSSR count). The highest BCUT2D eigenvalue weighted by atomic mass is 79.9. The lowest BCUT2D eigenvalue weighted by atomic mass is 10.1. The number of benzene rings is 3. The molecule has 0 saturated carbocycles. The van der Waals surface area contributed by atoms with E-state index in [1.807, 2.05) is 61.5 Å². The second-order valence-corrected chi connectivity index (χ2v) is 7.22. The summed E-state index contributed by atoms with van der Waals surface area (Å²) >= 11 is 3.37. The Morgan fingerprint density at radius 2 is 1.89 bits per heavy atom. The van der Waals surface area contributed by atoms with E-state index in [9.17, 15) is 4.79 Å². The van der Waals surface area contributed by atoms with E-state index in [2.05, 4.69) is 26.2 Å². The van der Waals surface area contributed by atoms with Gasteiger partial charge in [-0.05, 0) is 61.0 Å². The minimum Gasteiger partial charge on any atom is -0.484 e. The van der Waals surface area contributed by atoms with Crippen molar-refractivity contribution in [1.82, 2.24) is 4.98 Å². The zero-order valence-electron chi connectivity index (χ0n) is 15.1. The summed E-state index contributed by atoms with van der Waals surface area (Å²) in [7, 11) is 0. The SMILES string of the molecule is Cc1ccc(-c2nc3ccccc3o2)cc1NC(=O)COc1ccc(Br)cc1. The Balaban J connectivity index is 1.49. The number of amides is 1. The average molecular weight is 437 g/mol. The van der Waals surface area contributed by atoms with E-state index in [1.54, 1.807) is 12.1 Å². The third-order valence-corrected chi connectivity index (χ3v) is 4.76. The first-order valence-electron chi connectivity index (χ1n) is 8.73. The van der Waals surface area contributed by atoms with E-state index in [1.165, 1.54) is 0 Å². The summed E-state index contributed by atoms with van der Waals surface area (Å²) in [4.78, 5) is 16.8. The van der Waals surface area contributed by atoms with Crippen LogP contribution in [-0.4, -0.2) is 17.5 Å². The van der Waals surface area contributed by atoms with Gasteiger partial charge in [-0.1, -0.05) is 34.1 Å². The molecular formula is C22H17BrN2O3. The number of fused-ring (bicyclic) bond motifs is 1. The molecule has 0 atom stereocenters. The van der Waals surface area contributed by atoms with Crippen LogP contribution in [0.25, 0.3) is 22.6 Å². The van der Waals surface area contributed by atoms with Gasteiger partial charge in [-0.25, -0.2) is 4.98 Å². The number of aromatic nitrogens is 1. The number of ether oxygens (including phenoxy) is 1. The fraction of sp³-hybridized carbons (Fsp3) is 0.0909. The van der Waals surface area contributed by atoms with Crippen molar-refractivity contribution in [2.24, 2.45) is 0 Å². The number of anilines is 1. The second kappa shape index (κ2) is 7.86. The van der Waals surface area contributed by atoms with Crippen molar-refractivity contribution in [2.45, 2.75) is 6.92 Å². The summed E-state index contributed by atoms with van der Waals surface area (Å²) in [5.41, 5.74) is 3.96. The summed E-state index contributed by atoms with van der Waals surface area (Å²) in [5, 5.41) is 2.89. The number of aryl methyl sites for hydroxylation is 1. The number of hydrogen-bond acceptors (Lipinski definition) is 4. The lowest BCUT2D eigenvalue weighted by Gasteiger charge is -2.10. The number of nitrogens with one attached hydrogen (secondary N) is 1. The largest absolute Gasteiger partial charge is 0.484 e. The maximum absolute atomic E-state index is 12.3. The molecule has 0 spiro atoms. The topological polar surface area (TPSA) is 64.4 Å². The Hall–Kier alpha value is -3.12. The van der Waals surface area contributed by atoms with Gasteiger partial charge in [0.25, 0.3) is 5.91 Å². The Kier molecular flexibility index (Phi) is 5.12. The third-order valence-electron chi connectivity index (χ3n) is 4.24. The monoisotopic (exact) mass is 436 g/mol. The molecule has 0 radical (unpaired) electrons. The molecule has 0 fully saturated rings. The minimum atomic E-state index is -0.235. The second-order valence-electron chi connectivity index (χ2n) is 6.31. The van der Waals surface area contributed by atoms with E-state index in [0.717, 1.165) is 26.7 Å². The first-order valence-corrected chi connectivity index (χ1v) is 9.52. The molecule has 0 bridgehead atoms. The van der Waals surface area contributed by atoms with E-state index in [0.29, 0.717) is 17.3 Å². The van der Waals surface area contributed by atoms with E-state index < -0.39 is 0 Å². The molecule has 4 aromatic rings. The van der Waals surface area contributed by atoms with Crippen LogP contribution >= 0.6 is 15.9 Å². The number of para-hydroxylation sites is 2. The molecule has 0 aliphatic heterocycles. The van der Waals surface area contributed by atoms with Crippen molar-refractivity contribution >= 4 is 38.6 Å². The summed E-state index contributed by atoms with van der Waals surface area (Å²) in [6.07, 6.45) is 0. The number of oxazole rings is 1. The number of carbonyl (C=O) groups is 1. The summed E-state index contributed by atoms with van der Waals surface area (Å²) in [6.45, 7) is 1.86. The van der Waals surface area contributed by atoms with Gasteiger partial charge in [0.1, 0.15) is 11.3 Å². The van der Waals surface area contributed by atoms with Crippen LogP contribution in [0.1, 0.15) is 5.56 Å². The molecule has 1 amide bonds. The van der Waals surface area contributed by atoms with Crippen molar-refractivity contribution in [3.8, 4) is 17.2 Å².